The lowest BCUT2D eigenvalue weighted by Gasteiger charge is -2.56. The van der Waals surface area contributed by atoms with Gasteiger partial charge in [0.25, 0.3) is 5.56 Å². The fourth-order valence-corrected chi connectivity index (χ4v) is 8.03. The van der Waals surface area contributed by atoms with E-state index >= 15 is 0 Å². The molecule has 0 aromatic carbocycles. The number of Topliss-reactive ketones (excluding diaryl/α,β-unsaturated/α-hetero) is 1. The number of hydrogen-bond acceptors (Lipinski definition) is 5. The minimum absolute atomic E-state index is 0.0438. The maximum atomic E-state index is 13.3. The highest BCUT2D eigenvalue weighted by Gasteiger charge is 2.51. The summed E-state index contributed by atoms with van der Waals surface area (Å²) >= 11 is 2.85. The van der Waals surface area contributed by atoms with Crippen LogP contribution in [0.3, 0.4) is 0 Å². The predicted molar refractivity (Wildman–Crippen MR) is 134 cm³/mol. The van der Waals surface area contributed by atoms with Gasteiger partial charge in [0.15, 0.2) is 5.78 Å². The van der Waals surface area contributed by atoms with Crippen LogP contribution in [0.15, 0.2) is 21.6 Å². The minimum Gasteiger partial charge on any atom is -0.349 e. The quantitative estimate of drug-likeness (QED) is 0.708. The molecule has 0 atom stereocenters. The number of thiophene rings is 1. The maximum absolute atomic E-state index is 13.3. The first-order valence-corrected chi connectivity index (χ1v) is 13.7. The van der Waals surface area contributed by atoms with Gasteiger partial charge < -0.3 is 5.32 Å². The second kappa shape index (κ2) is 8.35. The molecular weight excluding hydrogens is 452 g/mol. The molecule has 1 amide bonds. The number of carbonyl (C=O) groups excluding carboxylic acids is 2. The van der Waals surface area contributed by atoms with Crippen LogP contribution in [0.2, 0.25) is 0 Å². The van der Waals surface area contributed by atoms with Gasteiger partial charge in [-0.3, -0.25) is 19.0 Å². The number of aromatic nitrogens is 1. The van der Waals surface area contributed by atoms with E-state index in [4.69, 9.17) is 0 Å². The van der Waals surface area contributed by atoms with E-state index in [9.17, 15) is 14.4 Å². The third-order valence-corrected chi connectivity index (χ3v) is 9.28. The molecule has 0 aliphatic heterocycles. The molecular formula is C26H32N2O3S2. The van der Waals surface area contributed by atoms with Crippen molar-refractivity contribution in [3.05, 3.63) is 41.9 Å². The van der Waals surface area contributed by atoms with E-state index in [0.29, 0.717) is 9.20 Å². The lowest BCUT2D eigenvalue weighted by molar-refractivity contribution is -0.127. The van der Waals surface area contributed by atoms with Crippen LogP contribution in [-0.4, -0.2) is 21.8 Å². The Bertz CT molecular complexity index is 1210. The third-order valence-electron chi connectivity index (χ3n) is 7.52. The average molecular weight is 485 g/mol. The van der Waals surface area contributed by atoms with Crippen molar-refractivity contribution in [2.75, 3.05) is 0 Å². The van der Waals surface area contributed by atoms with Crippen LogP contribution in [0.5, 0.6) is 0 Å². The SMILES string of the molecule is CC(C)(C)C(=O)/C=c1\s/c(=C\c2ccsc2)c(=O)n1CC(=O)NC12CC3CC(CC(C3)C1)C2. The summed E-state index contributed by atoms with van der Waals surface area (Å²) in [5.74, 6) is 2.04. The highest BCUT2D eigenvalue weighted by molar-refractivity contribution is 7.08. The van der Waals surface area contributed by atoms with Gasteiger partial charge in [0.05, 0.1) is 4.53 Å². The smallest absolute Gasteiger partial charge is 0.269 e. The Balaban J connectivity index is 1.46. The standard InChI is InChI=1S/C26H32N2O3S2/c1-25(2,3)21(29)10-23-28(24(31)20(33-23)9-16-4-5-32-15-16)14-22(30)27-26-11-17-6-18(12-26)8-19(7-17)13-26/h4-5,9-10,15,17-19H,6-8,11-14H2,1-3H3,(H,27,30)/b20-9-,23-10-. The summed E-state index contributed by atoms with van der Waals surface area (Å²) in [6.45, 7) is 5.54. The van der Waals surface area contributed by atoms with Gasteiger partial charge in [-0.1, -0.05) is 20.8 Å². The van der Waals surface area contributed by atoms with Gasteiger partial charge in [-0.2, -0.15) is 11.3 Å². The number of amides is 1. The Kier molecular flexibility index (Phi) is 5.76. The van der Waals surface area contributed by atoms with Gasteiger partial charge in [-0.15, -0.1) is 11.3 Å². The van der Waals surface area contributed by atoms with Gasteiger partial charge in [0.1, 0.15) is 11.2 Å². The highest BCUT2D eigenvalue weighted by atomic mass is 32.1. The molecule has 0 unspecified atom stereocenters. The molecule has 4 saturated carbocycles. The van der Waals surface area contributed by atoms with Crippen molar-refractivity contribution in [3.8, 4) is 0 Å². The van der Waals surface area contributed by atoms with E-state index in [2.05, 4.69) is 5.32 Å². The van der Waals surface area contributed by atoms with Crippen LogP contribution in [0, 0.1) is 23.2 Å². The molecule has 4 fully saturated rings. The van der Waals surface area contributed by atoms with Crippen LogP contribution < -0.4 is 20.1 Å². The van der Waals surface area contributed by atoms with Crippen molar-refractivity contribution in [1.29, 1.82) is 0 Å². The molecule has 33 heavy (non-hydrogen) atoms. The van der Waals surface area contributed by atoms with Crippen LogP contribution in [0.4, 0.5) is 0 Å². The van der Waals surface area contributed by atoms with Crippen LogP contribution >= 0.6 is 22.7 Å². The van der Waals surface area contributed by atoms with Gasteiger partial charge in [-0.25, -0.2) is 0 Å². The minimum atomic E-state index is -0.552. The molecule has 4 aliphatic rings. The Hall–Kier alpha value is -1.99. The topological polar surface area (TPSA) is 68.2 Å². The lowest BCUT2D eigenvalue weighted by atomic mass is 9.53. The molecule has 2 aromatic rings. The van der Waals surface area contributed by atoms with Gasteiger partial charge >= 0.3 is 0 Å². The predicted octanol–water partition coefficient (Wildman–Crippen LogP) is 3.28. The molecule has 4 aliphatic carbocycles. The highest BCUT2D eigenvalue weighted by Crippen LogP contribution is 2.55. The Morgan fingerprint density at radius 2 is 1.79 bits per heavy atom. The summed E-state index contributed by atoms with van der Waals surface area (Å²) in [6.07, 6.45) is 10.5. The zero-order chi connectivity index (χ0) is 23.4. The second-order valence-corrected chi connectivity index (χ2v) is 13.2. The van der Waals surface area contributed by atoms with Crippen molar-refractivity contribution in [1.82, 2.24) is 9.88 Å². The van der Waals surface area contributed by atoms with E-state index in [0.717, 1.165) is 42.6 Å². The van der Waals surface area contributed by atoms with E-state index in [1.54, 1.807) is 11.3 Å². The molecule has 2 heterocycles. The fraction of sp³-hybridized carbons (Fsp3) is 0.577. The number of nitrogens with zero attached hydrogens (tertiary/aromatic N) is 1. The summed E-state index contributed by atoms with van der Waals surface area (Å²) < 4.78 is 2.58. The summed E-state index contributed by atoms with van der Waals surface area (Å²) in [4.78, 5) is 39.3. The first-order valence-electron chi connectivity index (χ1n) is 11.9. The molecule has 176 valence electrons. The number of hydrogen-bond donors (Lipinski definition) is 1. The van der Waals surface area contributed by atoms with Crippen LogP contribution in [-0.2, 0) is 16.1 Å². The largest absolute Gasteiger partial charge is 0.349 e. The Morgan fingerprint density at radius 1 is 1.15 bits per heavy atom. The van der Waals surface area contributed by atoms with E-state index in [1.807, 2.05) is 43.7 Å². The monoisotopic (exact) mass is 484 g/mol. The number of carbonyl (C=O) groups is 2. The summed E-state index contributed by atoms with van der Waals surface area (Å²) in [7, 11) is 0. The van der Waals surface area contributed by atoms with E-state index in [-0.39, 0.29) is 29.3 Å². The van der Waals surface area contributed by atoms with Gasteiger partial charge in [0.2, 0.25) is 5.91 Å². The number of rotatable bonds is 5. The van der Waals surface area contributed by atoms with Crippen molar-refractivity contribution >= 4 is 46.5 Å². The Labute approximate surface area is 202 Å². The molecule has 0 saturated heterocycles. The lowest BCUT2D eigenvalue weighted by Crippen LogP contribution is -2.60. The van der Waals surface area contributed by atoms with Gasteiger partial charge in [0, 0.05) is 17.0 Å². The molecule has 0 radical (unpaired) electrons. The molecule has 4 bridgehead atoms. The van der Waals surface area contributed by atoms with E-state index in [1.165, 1.54) is 41.2 Å². The van der Waals surface area contributed by atoms with Crippen molar-refractivity contribution < 1.29 is 9.59 Å². The fourth-order valence-electron chi connectivity index (χ4n) is 6.37. The third kappa shape index (κ3) is 4.67. The molecule has 1 N–H and O–H groups in total. The van der Waals surface area contributed by atoms with E-state index < -0.39 is 5.41 Å². The summed E-state index contributed by atoms with van der Waals surface area (Å²) in [5.41, 5.74) is 0.100. The van der Waals surface area contributed by atoms with Gasteiger partial charge in [-0.05, 0) is 84.7 Å². The van der Waals surface area contributed by atoms with Crippen LogP contribution in [0.1, 0.15) is 64.9 Å². The number of thiazole rings is 1. The van der Waals surface area contributed by atoms with Crippen LogP contribution in [0.25, 0.3) is 12.2 Å². The summed E-state index contributed by atoms with van der Waals surface area (Å²) in [5, 5.41) is 7.31. The summed E-state index contributed by atoms with van der Waals surface area (Å²) in [6, 6.07) is 1.96. The molecule has 7 heteroatoms. The normalized spacial score (nSPS) is 29.6. The molecule has 6 rings (SSSR count). The zero-order valence-corrected chi connectivity index (χ0v) is 21.2. The number of nitrogens with one attached hydrogen (secondary N) is 1. The second-order valence-electron chi connectivity index (χ2n) is 11.4. The zero-order valence-electron chi connectivity index (χ0n) is 19.6. The van der Waals surface area contributed by atoms with Crippen molar-refractivity contribution in [3.63, 3.8) is 0 Å². The molecule has 2 aromatic heterocycles. The average Bonchev–Trinajstić information content (AvgIpc) is 3.30. The molecule has 0 spiro atoms. The molecule has 5 nitrogen and oxygen atoms in total. The van der Waals surface area contributed by atoms with Crippen molar-refractivity contribution in [2.24, 2.45) is 23.2 Å². The maximum Gasteiger partial charge on any atom is 0.269 e. The van der Waals surface area contributed by atoms with Crippen molar-refractivity contribution in [2.45, 2.75) is 71.4 Å². The number of ketones is 1. The first kappa shape index (κ1) is 22.8. The first-order chi connectivity index (χ1) is 15.6. The Morgan fingerprint density at radius 3 is 2.33 bits per heavy atom.